The molecule has 0 unspecified atom stereocenters. The third kappa shape index (κ3) is 5.60. The Morgan fingerprint density at radius 3 is 2.37 bits per heavy atom. The predicted molar refractivity (Wildman–Crippen MR) is 148 cm³/mol. The highest BCUT2D eigenvalue weighted by atomic mass is 35.5. The number of hydrogen-bond donors (Lipinski definition) is 1. The van der Waals surface area contributed by atoms with Crippen LogP contribution in [0.3, 0.4) is 0 Å². The van der Waals surface area contributed by atoms with Gasteiger partial charge in [-0.15, -0.1) is 11.6 Å². The van der Waals surface area contributed by atoms with Crippen molar-refractivity contribution >= 4 is 35.0 Å². The lowest BCUT2D eigenvalue weighted by Gasteiger charge is -2.44. The van der Waals surface area contributed by atoms with Crippen LogP contribution in [-0.4, -0.2) is 78.9 Å². The van der Waals surface area contributed by atoms with Crippen LogP contribution >= 0.6 is 11.6 Å². The largest absolute Gasteiger partial charge is 0.496 e. The molecule has 1 spiro atoms. The van der Waals surface area contributed by atoms with Gasteiger partial charge in [-0.1, -0.05) is 36.4 Å². The normalized spacial score (nSPS) is 17.2. The van der Waals surface area contributed by atoms with Crippen molar-refractivity contribution in [1.29, 1.82) is 0 Å². The molecule has 2 aromatic rings. The summed E-state index contributed by atoms with van der Waals surface area (Å²) in [5, 5.41) is 2.95. The maximum absolute atomic E-state index is 13.9. The highest BCUT2D eigenvalue weighted by molar-refractivity contribution is 6.19. The molecular formula is C29H37ClN4O4. The highest BCUT2D eigenvalue weighted by Gasteiger charge is 2.54. The van der Waals surface area contributed by atoms with Crippen molar-refractivity contribution in [2.75, 3.05) is 50.7 Å². The summed E-state index contributed by atoms with van der Waals surface area (Å²) in [6.45, 7) is 5.38. The molecule has 2 aliphatic heterocycles. The van der Waals surface area contributed by atoms with Crippen molar-refractivity contribution in [2.45, 2.75) is 38.6 Å². The number of hydrogen-bond acceptors (Lipinski definition) is 5. The number of nitrogens with one attached hydrogen (secondary N) is 1. The average molecular weight is 541 g/mol. The van der Waals surface area contributed by atoms with Crippen LogP contribution in [0.1, 0.15) is 32.3 Å². The molecule has 1 N–H and O–H groups in total. The van der Waals surface area contributed by atoms with Crippen LogP contribution < -0.4 is 15.0 Å². The van der Waals surface area contributed by atoms with Gasteiger partial charge in [-0.3, -0.25) is 14.4 Å². The van der Waals surface area contributed by atoms with E-state index < -0.39 is 11.0 Å². The zero-order valence-electron chi connectivity index (χ0n) is 22.4. The number of halogens is 1. The molecule has 2 fully saturated rings. The van der Waals surface area contributed by atoms with E-state index in [2.05, 4.69) is 10.2 Å². The average Bonchev–Trinajstić information content (AvgIpc) is 3.19. The Balaban J connectivity index is 1.44. The first-order valence-electron chi connectivity index (χ1n) is 13.1. The summed E-state index contributed by atoms with van der Waals surface area (Å²) in [5.74, 6) is 0.767. The van der Waals surface area contributed by atoms with E-state index in [-0.39, 0.29) is 30.1 Å². The van der Waals surface area contributed by atoms with Gasteiger partial charge in [0, 0.05) is 31.2 Å². The zero-order chi connectivity index (χ0) is 27.3. The van der Waals surface area contributed by atoms with Crippen molar-refractivity contribution in [1.82, 2.24) is 15.1 Å². The summed E-state index contributed by atoms with van der Waals surface area (Å²) in [7, 11) is 1.63. The molecule has 204 valence electrons. The van der Waals surface area contributed by atoms with E-state index in [0.29, 0.717) is 45.6 Å². The quantitative estimate of drug-likeness (QED) is 0.494. The van der Waals surface area contributed by atoms with Crippen molar-refractivity contribution in [3.63, 3.8) is 0 Å². The van der Waals surface area contributed by atoms with Crippen LogP contribution in [-0.2, 0) is 20.8 Å². The fourth-order valence-corrected chi connectivity index (χ4v) is 5.48. The molecule has 0 radical (unpaired) electrons. The van der Waals surface area contributed by atoms with E-state index in [9.17, 15) is 14.4 Å². The molecule has 0 saturated carbocycles. The van der Waals surface area contributed by atoms with Gasteiger partial charge in [-0.05, 0) is 56.9 Å². The Kier molecular flexibility index (Phi) is 8.51. The summed E-state index contributed by atoms with van der Waals surface area (Å²) in [6.07, 6.45) is 1.62. The number of carbonyl (C=O) groups is 3. The van der Waals surface area contributed by atoms with Gasteiger partial charge in [-0.25, -0.2) is 0 Å². The van der Waals surface area contributed by atoms with Gasteiger partial charge < -0.3 is 24.8 Å². The third-order valence-corrected chi connectivity index (χ3v) is 8.28. The van der Waals surface area contributed by atoms with Crippen molar-refractivity contribution in [3.8, 4) is 5.75 Å². The molecule has 8 nitrogen and oxygen atoms in total. The van der Waals surface area contributed by atoms with Gasteiger partial charge >= 0.3 is 0 Å². The SMILES string of the molecule is COc1ccccc1CCNC(=O)CN1CN(c2ccccc2)C2(CCN(C(=O)C(C)(C)CCl)CC2)C1=O. The van der Waals surface area contributed by atoms with E-state index in [1.807, 2.05) is 73.3 Å². The first-order valence-corrected chi connectivity index (χ1v) is 13.6. The smallest absolute Gasteiger partial charge is 0.250 e. The molecule has 2 saturated heterocycles. The number of likely N-dealkylation sites (tertiary alicyclic amines) is 1. The lowest BCUT2D eigenvalue weighted by molar-refractivity contribution is -0.144. The number of para-hydroxylation sites is 2. The first-order chi connectivity index (χ1) is 18.2. The molecule has 3 amide bonds. The van der Waals surface area contributed by atoms with Gasteiger partial charge in [0.15, 0.2) is 0 Å². The number of ether oxygens (including phenoxy) is 1. The molecule has 0 atom stereocenters. The number of carbonyl (C=O) groups excluding carboxylic acids is 3. The van der Waals surface area contributed by atoms with E-state index in [1.54, 1.807) is 12.0 Å². The Labute approximate surface area is 229 Å². The number of alkyl halides is 1. The van der Waals surface area contributed by atoms with Gasteiger partial charge in [0.25, 0.3) is 5.91 Å². The fraction of sp³-hybridized carbons (Fsp3) is 0.483. The van der Waals surface area contributed by atoms with Gasteiger partial charge in [0.1, 0.15) is 17.8 Å². The van der Waals surface area contributed by atoms with Crippen LogP contribution in [0.5, 0.6) is 5.75 Å². The van der Waals surface area contributed by atoms with E-state index >= 15 is 0 Å². The Hall–Kier alpha value is -3.26. The molecule has 38 heavy (non-hydrogen) atoms. The van der Waals surface area contributed by atoms with Crippen molar-refractivity contribution in [3.05, 3.63) is 60.2 Å². The third-order valence-electron chi connectivity index (χ3n) is 7.62. The van der Waals surface area contributed by atoms with Crippen LogP contribution in [0.25, 0.3) is 0 Å². The summed E-state index contributed by atoms with van der Waals surface area (Å²) >= 11 is 6.05. The second-order valence-electron chi connectivity index (χ2n) is 10.7. The molecule has 2 heterocycles. The number of rotatable bonds is 9. The number of amides is 3. The minimum absolute atomic E-state index is 0.00494. The monoisotopic (exact) mass is 540 g/mol. The lowest BCUT2D eigenvalue weighted by Crippen LogP contribution is -2.58. The number of anilines is 1. The molecular weight excluding hydrogens is 504 g/mol. The van der Waals surface area contributed by atoms with Gasteiger partial charge in [-0.2, -0.15) is 0 Å². The standard InChI is InChI=1S/C29H37ClN4O4/c1-28(2,20-30)26(36)32-17-14-29(15-18-32)27(37)33(21-34(29)23-10-5-4-6-11-23)19-25(35)31-16-13-22-9-7-8-12-24(22)38-3/h4-12H,13-21H2,1-3H3,(H,31,35). The van der Waals surface area contributed by atoms with Crippen LogP contribution in [0.15, 0.2) is 54.6 Å². The van der Waals surface area contributed by atoms with Crippen molar-refractivity contribution < 1.29 is 19.1 Å². The molecule has 0 aliphatic carbocycles. The minimum Gasteiger partial charge on any atom is -0.496 e. The van der Waals surface area contributed by atoms with Crippen LogP contribution in [0.4, 0.5) is 5.69 Å². The molecule has 9 heteroatoms. The molecule has 0 bridgehead atoms. The predicted octanol–water partition coefficient (Wildman–Crippen LogP) is 3.29. The zero-order valence-corrected chi connectivity index (χ0v) is 23.2. The van der Waals surface area contributed by atoms with Crippen molar-refractivity contribution in [2.24, 2.45) is 5.41 Å². The molecule has 0 aromatic heterocycles. The Morgan fingerprint density at radius 1 is 1.05 bits per heavy atom. The number of methoxy groups -OCH3 is 1. The van der Waals surface area contributed by atoms with E-state index in [1.165, 1.54) is 0 Å². The van der Waals surface area contributed by atoms with Gasteiger partial charge in [0.2, 0.25) is 11.8 Å². The molecule has 2 aromatic carbocycles. The van der Waals surface area contributed by atoms with Crippen LogP contribution in [0, 0.1) is 5.41 Å². The first kappa shape index (κ1) is 27.8. The number of benzene rings is 2. The summed E-state index contributed by atoms with van der Waals surface area (Å²) in [6, 6.07) is 17.5. The maximum Gasteiger partial charge on any atom is 0.250 e. The fourth-order valence-electron chi connectivity index (χ4n) is 5.36. The maximum atomic E-state index is 13.9. The number of nitrogens with zero attached hydrogens (tertiary/aromatic N) is 3. The minimum atomic E-state index is -0.791. The summed E-state index contributed by atoms with van der Waals surface area (Å²) in [5.41, 5.74) is 0.501. The van der Waals surface area contributed by atoms with Gasteiger partial charge in [0.05, 0.1) is 19.2 Å². The topological polar surface area (TPSA) is 82.2 Å². The second kappa shape index (κ2) is 11.6. The summed E-state index contributed by atoms with van der Waals surface area (Å²) < 4.78 is 5.39. The number of piperidine rings is 1. The van der Waals surface area contributed by atoms with E-state index in [0.717, 1.165) is 17.0 Å². The lowest BCUT2D eigenvalue weighted by atomic mass is 9.84. The van der Waals surface area contributed by atoms with Crippen LogP contribution in [0.2, 0.25) is 0 Å². The second-order valence-corrected chi connectivity index (χ2v) is 10.9. The Morgan fingerprint density at radius 2 is 1.71 bits per heavy atom. The van der Waals surface area contributed by atoms with E-state index in [4.69, 9.17) is 16.3 Å². The molecule has 2 aliphatic rings. The summed E-state index contributed by atoms with van der Waals surface area (Å²) in [4.78, 5) is 45.3. The highest BCUT2D eigenvalue weighted by Crippen LogP contribution is 2.40. The molecule has 4 rings (SSSR count). The Bertz CT molecular complexity index is 1150.